The molecule has 0 aliphatic carbocycles. The van der Waals surface area contributed by atoms with Crippen LogP contribution in [0, 0.1) is 0 Å². The average molecular weight is 386 g/mol. The molecule has 0 bridgehead atoms. The normalized spacial score (nSPS) is 23.9. The van der Waals surface area contributed by atoms with Crippen molar-refractivity contribution < 1.29 is 4.57 Å². The van der Waals surface area contributed by atoms with E-state index in [1.807, 2.05) is 66.7 Å². The molecule has 4 aromatic rings. The van der Waals surface area contributed by atoms with E-state index in [0.29, 0.717) is 0 Å². The first kappa shape index (κ1) is 16.7. The number of rotatable bonds is 3. The molecular formula is C24H19OPS. The number of fused-ring (bicyclic) bond motifs is 1. The highest BCUT2D eigenvalue weighted by Gasteiger charge is 2.52. The number of hydrogen-bond acceptors (Lipinski definition) is 2. The summed E-state index contributed by atoms with van der Waals surface area (Å²) in [6.45, 7) is 0. The van der Waals surface area contributed by atoms with Crippen LogP contribution in [0.25, 0.3) is 0 Å². The lowest BCUT2D eigenvalue weighted by Gasteiger charge is -2.28. The molecule has 0 N–H and O–H groups in total. The van der Waals surface area contributed by atoms with Crippen molar-refractivity contribution in [2.24, 2.45) is 0 Å². The van der Waals surface area contributed by atoms with E-state index >= 15 is 4.57 Å². The zero-order valence-electron chi connectivity index (χ0n) is 14.7. The Bertz CT molecular complexity index is 1040. The lowest BCUT2D eigenvalue weighted by Crippen LogP contribution is -2.13. The van der Waals surface area contributed by atoms with Crippen molar-refractivity contribution in [3.05, 3.63) is 124 Å². The maximum absolute atomic E-state index is 15.0. The molecule has 2 unspecified atom stereocenters. The van der Waals surface area contributed by atoms with Gasteiger partial charge in [0.2, 0.25) is 0 Å². The van der Waals surface area contributed by atoms with Crippen molar-refractivity contribution in [1.29, 1.82) is 0 Å². The molecule has 3 heteroatoms. The summed E-state index contributed by atoms with van der Waals surface area (Å²) < 4.78 is 15.0. The Morgan fingerprint density at radius 1 is 0.593 bits per heavy atom. The molecule has 1 aromatic heterocycles. The highest BCUT2D eigenvalue weighted by molar-refractivity contribution is 7.73. The van der Waals surface area contributed by atoms with Crippen LogP contribution in [0.2, 0.25) is 0 Å². The molecule has 5 rings (SSSR count). The highest BCUT2D eigenvalue weighted by atomic mass is 32.1. The van der Waals surface area contributed by atoms with E-state index in [1.54, 1.807) is 11.3 Å². The predicted octanol–water partition coefficient (Wildman–Crippen LogP) is 6.63. The van der Waals surface area contributed by atoms with Crippen LogP contribution in [0.15, 0.2) is 102 Å². The summed E-state index contributed by atoms with van der Waals surface area (Å²) in [5.41, 5.74) is 4.56. The summed E-state index contributed by atoms with van der Waals surface area (Å²) >= 11 is 1.71. The van der Waals surface area contributed by atoms with E-state index in [2.05, 4.69) is 35.0 Å². The van der Waals surface area contributed by atoms with Crippen LogP contribution in [0.4, 0.5) is 0 Å². The Hall–Kier alpha value is -2.41. The maximum atomic E-state index is 15.0. The van der Waals surface area contributed by atoms with E-state index in [9.17, 15) is 0 Å². The Balaban J connectivity index is 1.82. The molecule has 1 aliphatic heterocycles. The first-order valence-electron chi connectivity index (χ1n) is 9.11. The van der Waals surface area contributed by atoms with Gasteiger partial charge in [0, 0.05) is 5.30 Å². The Labute approximate surface area is 163 Å². The quantitative estimate of drug-likeness (QED) is 0.361. The molecule has 27 heavy (non-hydrogen) atoms. The monoisotopic (exact) mass is 386 g/mol. The average Bonchev–Trinajstić information content (AvgIpc) is 3.28. The largest absolute Gasteiger partial charge is 0.317 e. The SMILES string of the molecule is O=P1(c2ccccc2)C(c2ccccc2)c2cscc2C1c1ccccc1. The summed E-state index contributed by atoms with van der Waals surface area (Å²) in [5, 5.41) is 5.37. The summed E-state index contributed by atoms with van der Waals surface area (Å²) in [4.78, 5) is 0. The molecule has 1 aliphatic rings. The minimum absolute atomic E-state index is 0.0902. The lowest BCUT2D eigenvalue weighted by molar-refractivity contribution is 0.575. The molecule has 0 saturated heterocycles. The summed E-state index contributed by atoms with van der Waals surface area (Å²) in [6, 6.07) is 30.8. The first-order chi connectivity index (χ1) is 13.3. The fraction of sp³-hybridized carbons (Fsp3) is 0.0833. The Kier molecular flexibility index (Phi) is 4.11. The fourth-order valence-corrected chi connectivity index (χ4v) is 9.50. The molecule has 132 valence electrons. The van der Waals surface area contributed by atoms with Crippen LogP contribution in [-0.2, 0) is 4.57 Å². The number of benzene rings is 3. The van der Waals surface area contributed by atoms with Gasteiger partial charge < -0.3 is 4.57 Å². The Morgan fingerprint density at radius 2 is 1.00 bits per heavy atom. The van der Waals surface area contributed by atoms with E-state index in [1.165, 1.54) is 11.1 Å². The summed E-state index contributed by atoms with van der Waals surface area (Å²) in [7, 11) is -2.81. The third-order valence-electron chi connectivity index (χ3n) is 5.47. The topological polar surface area (TPSA) is 17.1 Å². The van der Waals surface area contributed by atoms with Crippen molar-refractivity contribution in [2.45, 2.75) is 11.3 Å². The van der Waals surface area contributed by atoms with E-state index in [-0.39, 0.29) is 11.3 Å². The smallest absolute Gasteiger partial charge is 0.138 e. The van der Waals surface area contributed by atoms with Gasteiger partial charge in [-0.15, -0.1) is 0 Å². The summed E-state index contributed by atoms with van der Waals surface area (Å²) in [6.07, 6.45) is 0. The third-order valence-corrected chi connectivity index (χ3v) is 10.0. The molecule has 0 radical (unpaired) electrons. The van der Waals surface area contributed by atoms with Gasteiger partial charge in [0.25, 0.3) is 0 Å². The second kappa shape index (κ2) is 6.64. The predicted molar refractivity (Wildman–Crippen MR) is 115 cm³/mol. The molecule has 2 heterocycles. The zero-order chi connectivity index (χ0) is 18.3. The van der Waals surface area contributed by atoms with Gasteiger partial charge in [0.1, 0.15) is 7.14 Å². The third kappa shape index (κ3) is 2.56. The van der Waals surface area contributed by atoms with Gasteiger partial charge in [0.15, 0.2) is 0 Å². The van der Waals surface area contributed by atoms with Gasteiger partial charge >= 0.3 is 0 Å². The molecule has 0 spiro atoms. The minimum Gasteiger partial charge on any atom is -0.317 e. The molecule has 0 fully saturated rings. The van der Waals surface area contributed by atoms with Gasteiger partial charge in [-0.3, -0.25) is 0 Å². The van der Waals surface area contributed by atoms with Crippen LogP contribution in [0.3, 0.4) is 0 Å². The van der Waals surface area contributed by atoms with Crippen LogP contribution in [-0.4, -0.2) is 0 Å². The van der Waals surface area contributed by atoms with E-state index < -0.39 is 7.14 Å². The molecule has 0 amide bonds. The standard InChI is InChI=1S/C24H19OPS/c25-26(20-14-8-3-9-15-20)23(18-10-4-1-5-11-18)21-16-27-17-22(21)24(26)19-12-6-2-7-13-19/h1-17,23-24H. The second-order valence-corrected chi connectivity index (χ2v) is 10.7. The van der Waals surface area contributed by atoms with Crippen LogP contribution < -0.4 is 5.30 Å². The fourth-order valence-electron chi connectivity index (χ4n) is 4.36. The second-order valence-electron chi connectivity index (χ2n) is 6.95. The minimum atomic E-state index is -2.81. The van der Waals surface area contributed by atoms with Crippen molar-refractivity contribution >= 4 is 23.8 Å². The van der Waals surface area contributed by atoms with Crippen molar-refractivity contribution in [1.82, 2.24) is 0 Å². The highest BCUT2D eigenvalue weighted by Crippen LogP contribution is 2.77. The van der Waals surface area contributed by atoms with Gasteiger partial charge in [0.05, 0.1) is 11.3 Å². The van der Waals surface area contributed by atoms with Crippen LogP contribution in [0.1, 0.15) is 33.6 Å². The van der Waals surface area contributed by atoms with E-state index in [4.69, 9.17) is 0 Å². The van der Waals surface area contributed by atoms with E-state index in [0.717, 1.165) is 16.4 Å². The van der Waals surface area contributed by atoms with Gasteiger partial charge in [-0.05, 0) is 33.0 Å². The lowest BCUT2D eigenvalue weighted by atomic mass is 9.99. The van der Waals surface area contributed by atoms with Gasteiger partial charge in [-0.25, -0.2) is 0 Å². The first-order valence-corrected chi connectivity index (χ1v) is 11.9. The van der Waals surface area contributed by atoms with Gasteiger partial charge in [-0.1, -0.05) is 91.0 Å². The molecule has 3 aromatic carbocycles. The molecule has 2 atom stereocenters. The summed E-state index contributed by atoms with van der Waals surface area (Å²) in [5.74, 6) is 0. The van der Waals surface area contributed by atoms with Crippen molar-refractivity contribution in [3.63, 3.8) is 0 Å². The molecule has 0 saturated carbocycles. The maximum Gasteiger partial charge on any atom is 0.138 e. The number of thiophene rings is 1. The zero-order valence-corrected chi connectivity index (χ0v) is 16.4. The molecule has 1 nitrogen and oxygen atoms in total. The Morgan fingerprint density at radius 3 is 1.44 bits per heavy atom. The number of hydrogen-bond donors (Lipinski definition) is 0. The van der Waals surface area contributed by atoms with Crippen molar-refractivity contribution in [2.75, 3.05) is 0 Å². The molecular weight excluding hydrogens is 367 g/mol. The van der Waals surface area contributed by atoms with Crippen LogP contribution in [0.5, 0.6) is 0 Å². The van der Waals surface area contributed by atoms with Crippen LogP contribution >= 0.6 is 18.5 Å². The van der Waals surface area contributed by atoms with Crippen molar-refractivity contribution in [3.8, 4) is 0 Å². The van der Waals surface area contributed by atoms with Gasteiger partial charge in [-0.2, -0.15) is 11.3 Å².